The molecule has 0 spiro atoms. The first-order valence-electron chi connectivity index (χ1n) is 5.71. The Hall–Kier alpha value is -0.570. The first-order valence-corrected chi connectivity index (χ1v) is 5.71. The molecule has 1 fully saturated rings. The number of hydrogen-bond acceptors (Lipinski definition) is 2. The second-order valence-electron chi connectivity index (χ2n) is 4.19. The Morgan fingerprint density at radius 2 is 1.79 bits per heavy atom. The van der Waals surface area contributed by atoms with Crippen molar-refractivity contribution in [1.29, 1.82) is 0 Å². The average molecular weight is 198 g/mol. The van der Waals surface area contributed by atoms with Crippen LogP contribution in [0.15, 0.2) is 0 Å². The summed E-state index contributed by atoms with van der Waals surface area (Å²) in [7, 11) is 1.69. The van der Waals surface area contributed by atoms with Crippen molar-refractivity contribution >= 4 is 5.91 Å². The lowest BCUT2D eigenvalue weighted by atomic mass is 10.1. The summed E-state index contributed by atoms with van der Waals surface area (Å²) in [6, 6.07) is 0.493. The molecule has 0 aromatic carbocycles. The summed E-state index contributed by atoms with van der Waals surface area (Å²) in [5.41, 5.74) is 0. The molecule has 14 heavy (non-hydrogen) atoms. The van der Waals surface area contributed by atoms with Crippen molar-refractivity contribution in [3.63, 3.8) is 0 Å². The van der Waals surface area contributed by atoms with Gasteiger partial charge < -0.3 is 10.6 Å². The van der Waals surface area contributed by atoms with Gasteiger partial charge in [0, 0.05) is 13.1 Å². The zero-order valence-corrected chi connectivity index (χ0v) is 9.31. The molecule has 0 aromatic rings. The van der Waals surface area contributed by atoms with Crippen LogP contribution in [-0.4, -0.2) is 25.0 Å². The minimum Gasteiger partial charge on any atom is -0.358 e. The summed E-state index contributed by atoms with van der Waals surface area (Å²) in [6.45, 7) is 1.93. The van der Waals surface area contributed by atoms with Crippen LogP contribution in [0.5, 0.6) is 0 Å². The lowest BCUT2D eigenvalue weighted by Crippen LogP contribution is -2.45. The highest BCUT2D eigenvalue weighted by Gasteiger charge is 2.17. The largest absolute Gasteiger partial charge is 0.358 e. The molecular weight excluding hydrogens is 176 g/mol. The third-order valence-electron chi connectivity index (χ3n) is 2.98. The summed E-state index contributed by atoms with van der Waals surface area (Å²) in [5, 5.41) is 6.07. The number of nitrogens with one attached hydrogen (secondary N) is 2. The van der Waals surface area contributed by atoms with E-state index in [2.05, 4.69) is 10.6 Å². The van der Waals surface area contributed by atoms with Gasteiger partial charge in [0.25, 0.3) is 0 Å². The van der Waals surface area contributed by atoms with Gasteiger partial charge in [0.05, 0.1) is 6.04 Å². The Bertz CT molecular complexity index is 174. The van der Waals surface area contributed by atoms with E-state index in [-0.39, 0.29) is 11.9 Å². The lowest BCUT2D eigenvalue weighted by molar-refractivity contribution is -0.122. The molecule has 0 bridgehead atoms. The molecule has 1 aliphatic carbocycles. The molecule has 0 heterocycles. The smallest absolute Gasteiger partial charge is 0.236 e. The minimum atomic E-state index is -0.0527. The van der Waals surface area contributed by atoms with Gasteiger partial charge in [-0.25, -0.2) is 0 Å². The Morgan fingerprint density at radius 1 is 1.21 bits per heavy atom. The van der Waals surface area contributed by atoms with Crippen LogP contribution in [0, 0.1) is 0 Å². The molecule has 1 saturated carbocycles. The van der Waals surface area contributed by atoms with E-state index in [1.54, 1.807) is 7.05 Å². The summed E-state index contributed by atoms with van der Waals surface area (Å²) in [4.78, 5) is 11.3. The fourth-order valence-electron chi connectivity index (χ4n) is 2.09. The molecule has 1 aliphatic rings. The maximum absolute atomic E-state index is 11.3. The van der Waals surface area contributed by atoms with Gasteiger partial charge in [0.1, 0.15) is 0 Å². The first kappa shape index (κ1) is 11.5. The Kier molecular flexibility index (Phi) is 4.94. The highest BCUT2D eigenvalue weighted by molar-refractivity contribution is 5.80. The van der Waals surface area contributed by atoms with Crippen LogP contribution in [0.4, 0.5) is 0 Å². The fraction of sp³-hybridized carbons (Fsp3) is 0.909. The van der Waals surface area contributed by atoms with Crippen molar-refractivity contribution in [3.05, 3.63) is 0 Å². The zero-order valence-electron chi connectivity index (χ0n) is 9.31. The van der Waals surface area contributed by atoms with Crippen LogP contribution in [-0.2, 0) is 4.79 Å². The molecular formula is C11H22N2O. The summed E-state index contributed by atoms with van der Waals surface area (Å²) >= 11 is 0. The molecule has 1 amide bonds. The Balaban J connectivity index is 2.30. The van der Waals surface area contributed by atoms with Crippen molar-refractivity contribution in [2.45, 2.75) is 57.5 Å². The van der Waals surface area contributed by atoms with Crippen LogP contribution in [0.2, 0.25) is 0 Å². The molecule has 1 rings (SSSR count). The van der Waals surface area contributed by atoms with Crippen molar-refractivity contribution < 1.29 is 4.79 Å². The number of amides is 1. The topological polar surface area (TPSA) is 41.1 Å². The number of hydrogen-bond donors (Lipinski definition) is 2. The van der Waals surface area contributed by atoms with Gasteiger partial charge in [-0.05, 0) is 19.8 Å². The molecule has 3 heteroatoms. The fourth-order valence-corrected chi connectivity index (χ4v) is 2.09. The van der Waals surface area contributed by atoms with Crippen molar-refractivity contribution in [3.8, 4) is 0 Å². The van der Waals surface area contributed by atoms with Crippen LogP contribution in [0.3, 0.4) is 0 Å². The van der Waals surface area contributed by atoms with Gasteiger partial charge in [-0.2, -0.15) is 0 Å². The van der Waals surface area contributed by atoms with Gasteiger partial charge in [0.2, 0.25) is 5.91 Å². The van der Waals surface area contributed by atoms with Gasteiger partial charge in [-0.1, -0.05) is 25.7 Å². The Labute approximate surface area is 86.6 Å². The standard InChI is InChI=1S/C11H22N2O/c1-9(11(14)12-2)13-10-7-5-3-4-6-8-10/h9-10,13H,3-8H2,1-2H3,(H,12,14)/t9-/m0/s1. The van der Waals surface area contributed by atoms with Crippen LogP contribution in [0.25, 0.3) is 0 Å². The van der Waals surface area contributed by atoms with E-state index in [0.29, 0.717) is 6.04 Å². The van der Waals surface area contributed by atoms with E-state index in [0.717, 1.165) is 0 Å². The molecule has 0 unspecified atom stereocenters. The normalized spacial score (nSPS) is 21.3. The summed E-state index contributed by atoms with van der Waals surface area (Å²) in [6.07, 6.45) is 7.76. The first-order chi connectivity index (χ1) is 6.74. The van der Waals surface area contributed by atoms with Gasteiger partial charge >= 0.3 is 0 Å². The second-order valence-corrected chi connectivity index (χ2v) is 4.19. The number of rotatable bonds is 3. The van der Waals surface area contributed by atoms with Gasteiger partial charge in [-0.3, -0.25) is 4.79 Å². The van der Waals surface area contributed by atoms with Crippen molar-refractivity contribution in [1.82, 2.24) is 10.6 Å². The maximum atomic E-state index is 11.3. The summed E-state index contributed by atoms with van der Waals surface area (Å²) in [5.74, 6) is 0.0919. The third kappa shape index (κ3) is 3.66. The van der Waals surface area contributed by atoms with Crippen LogP contribution < -0.4 is 10.6 Å². The Morgan fingerprint density at radius 3 is 2.29 bits per heavy atom. The second kappa shape index (κ2) is 6.02. The molecule has 0 radical (unpaired) electrons. The highest BCUT2D eigenvalue weighted by atomic mass is 16.2. The molecule has 0 aliphatic heterocycles. The predicted octanol–water partition coefficient (Wildman–Crippen LogP) is 1.43. The number of carbonyl (C=O) groups excluding carboxylic acids is 1. The van der Waals surface area contributed by atoms with Crippen molar-refractivity contribution in [2.24, 2.45) is 0 Å². The van der Waals surface area contributed by atoms with E-state index in [9.17, 15) is 4.79 Å². The van der Waals surface area contributed by atoms with E-state index >= 15 is 0 Å². The highest BCUT2D eigenvalue weighted by Crippen LogP contribution is 2.17. The van der Waals surface area contributed by atoms with Crippen molar-refractivity contribution in [2.75, 3.05) is 7.05 Å². The van der Waals surface area contributed by atoms with E-state index in [1.807, 2.05) is 6.92 Å². The maximum Gasteiger partial charge on any atom is 0.236 e. The molecule has 0 saturated heterocycles. The van der Waals surface area contributed by atoms with E-state index < -0.39 is 0 Å². The van der Waals surface area contributed by atoms with Crippen LogP contribution in [0.1, 0.15) is 45.4 Å². The number of carbonyl (C=O) groups is 1. The zero-order chi connectivity index (χ0) is 10.4. The SMILES string of the molecule is CNC(=O)[C@H](C)NC1CCCCCC1. The summed E-state index contributed by atoms with van der Waals surface area (Å²) < 4.78 is 0. The van der Waals surface area contributed by atoms with Crippen LogP contribution >= 0.6 is 0 Å². The molecule has 2 N–H and O–H groups in total. The van der Waals surface area contributed by atoms with Gasteiger partial charge in [-0.15, -0.1) is 0 Å². The van der Waals surface area contributed by atoms with E-state index in [1.165, 1.54) is 38.5 Å². The molecule has 82 valence electrons. The minimum absolute atomic E-state index is 0.0527. The monoisotopic (exact) mass is 198 g/mol. The molecule has 0 aromatic heterocycles. The molecule has 1 atom stereocenters. The third-order valence-corrected chi connectivity index (χ3v) is 2.98. The lowest BCUT2D eigenvalue weighted by Gasteiger charge is -2.20. The number of likely N-dealkylation sites (N-methyl/N-ethyl adjacent to an activating group) is 1. The average Bonchev–Trinajstić information content (AvgIpc) is 2.45. The molecule has 3 nitrogen and oxygen atoms in total. The predicted molar refractivity (Wildman–Crippen MR) is 58.2 cm³/mol. The van der Waals surface area contributed by atoms with Gasteiger partial charge in [0.15, 0.2) is 0 Å². The quantitative estimate of drug-likeness (QED) is 0.674. The van der Waals surface area contributed by atoms with E-state index in [4.69, 9.17) is 0 Å².